The molecule has 2 N–H and O–H groups in total. The number of benzene rings is 2. The zero-order valence-electron chi connectivity index (χ0n) is 13.6. The van der Waals surface area contributed by atoms with E-state index in [0.717, 1.165) is 11.1 Å². The number of nitrogens with one attached hydrogen (secondary N) is 1. The topological polar surface area (TPSA) is 50.7 Å². The maximum absolute atomic E-state index is 13.9. The number of aliphatic hydroxyl groups excluding tert-OH is 1. The Kier molecular flexibility index (Phi) is 5.96. The molecule has 0 saturated heterocycles. The van der Waals surface area contributed by atoms with Gasteiger partial charge < -0.3 is 19.9 Å². The second-order valence-corrected chi connectivity index (χ2v) is 5.27. The van der Waals surface area contributed by atoms with Gasteiger partial charge in [0.05, 0.1) is 26.9 Å². The molecule has 1 atom stereocenters. The van der Waals surface area contributed by atoms with Crippen LogP contribution in [0, 0.1) is 12.7 Å². The van der Waals surface area contributed by atoms with Gasteiger partial charge in [-0.3, -0.25) is 0 Å². The maximum Gasteiger partial charge on any atom is 0.161 e. The van der Waals surface area contributed by atoms with Crippen LogP contribution in [0.5, 0.6) is 11.5 Å². The highest BCUT2D eigenvalue weighted by Crippen LogP contribution is 2.30. The van der Waals surface area contributed by atoms with E-state index < -0.39 is 6.04 Å². The first kappa shape index (κ1) is 17.2. The predicted octanol–water partition coefficient (Wildman–Crippen LogP) is 2.97. The van der Waals surface area contributed by atoms with E-state index in [0.29, 0.717) is 23.6 Å². The Morgan fingerprint density at radius 3 is 2.39 bits per heavy atom. The Bertz CT molecular complexity index is 661. The van der Waals surface area contributed by atoms with Gasteiger partial charge in [-0.2, -0.15) is 0 Å². The van der Waals surface area contributed by atoms with Crippen LogP contribution >= 0.6 is 0 Å². The molecule has 0 spiro atoms. The van der Waals surface area contributed by atoms with Crippen molar-refractivity contribution in [3.8, 4) is 11.5 Å². The van der Waals surface area contributed by atoms with Crippen molar-refractivity contribution in [2.45, 2.75) is 19.5 Å². The molecule has 0 amide bonds. The highest BCUT2D eigenvalue weighted by Gasteiger charge is 2.15. The quantitative estimate of drug-likeness (QED) is 0.824. The molecule has 0 heterocycles. The Morgan fingerprint density at radius 2 is 1.78 bits per heavy atom. The van der Waals surface area contributed by atoms with Crippen LogP contribution in [0.4, 0.5) is 4.39 Å². The van der Waals surface area contributed by atoms with Crippen molar-refractivity contribution in [1.82, 2.24) is 5.32 Å². The lowest BCUT2D eigenvalue weighted by molar-refractivity contribution is 0.240. The van der Waals surface area contributed by atoms with Crippen LogP contribution in [-0.2, 0) is 6.54 Å². The third-order valence-corrected chi connectivity index (χ3v) is 3.84. The Balaban J connectivity index is 2.17. The first-order valence-electron chi connectivity index (χ1n) is 7.40. The molecule has 1 unspecified atom stereocenters. The summed E-state index contributed by atoms with van der Waals surface area (Å²) in [6.45, 7) is 2.26. The van der Waals surface area contributed by atoms with Gasteiger partial charge >= 0.3 is 0 Å². The van der Waals surface area contributed by atoms with Crippen molar-refractivity contribution in [2.75, 3.05) is 20.8 Å². The van der Waals surface area contributed by atoms with E-state index in [2.05, 4.69) is 5.32 Å². The zero-order valence-corrected chi connectivity index (χ0v) is 13.6. The van der Waals surface area contributed by atoms with Crippen molar-refractivity contribution in [3.05, 3.63) is 58.9 Å². The number of methoxy groups -OCH3 is 2. The lowest BCUT2D eigenvalue weighted by atomic mass is 10.0. The summed E-state index contributed by atoms with van der Waals surface area (Å²) in [5.74, 6) is 0.978. The average molecular weight is 319 g/mol. The number of aliphatic hydroxyl groups is 1. The van der Waals surface area contributed by atoms with Crippen LogP contribution in [0.1, 0.15) is 22.7 Å². The second kappa shape index (κ2) is 7.94. The molecule has 2 aromatic carbocycles. The molecule has 0 radical (unpaired) electrons. The summed E-state index contributed by atoms with van der Waals surface area (Å²) in [6.07, 6.45) is 0. The van der Waals surface area contributed by atoms with Crippen LogP contribution in [0.2, 0.25) is 0 Å². The summed E-state index contributed by atoms with van der Waals surface area (Å²) in [4.78, 5) is 0. The lowest BCUT2D eigenvalue weighted by Gasteiger charge is -2.19. The van der Waals surface area contributed by atoms with E-state index in [4.69, 9.17) is 9.47 Å². The monoisotopic (exact) mass is 319 g/mol. The molecule has 23 heavy (non-hydrogen) atoms. The maximum atomic E-state index is 13.9. The van der Waals surface area contributed by atoms with Gasteiger partial charge in [0.25, 0.3) is 0 Å². The number of aryl methyl sites for hydroxylation is 1. The second-order valence-electron chi connectivity index (χ2n) is 5.27. The number of ether oxygens (including phenoxy) is 2. The molecule has 0 bridgehead atoms. The van der Waals surface area contributed by atoms with Crippen molar-refractivity contribution in [3.63, 3.8) is 0 Å². The Labute approximate surface area is 135 Å². The largest absolute Gasteiger partial charge is 0.493 e. The van der Waals surface area contributed by atoms with E-state index >= 15 is 0 Å². The average Bonchev–Trinajstić information content (AvgIpc) is 2.57. The third-order valence-electron chi connectivity index (χ3n) is 3.84. The van der Waals surface area contributed by atoms with Crippen molar-refractivity contribution in [2.24, 2.45) is 0 Å². The van der Waals surface area contributed by atoms with Crippen molar-refractivity contribution >= 4 is 0 Å². The number of rotatable bonds is 7. The van der Waals surface area contributed by atoms with Crippen LogP contribution in [-0.4, -0.2) is 25.9 Å². The van der Waals surface area contributed by atoms with E-state index in [-0.39, 0.29) is 12.4 Å². The molecule has 0 aliphatic carbocycles. The third kappa shape index (κ3) is 4.00. The molecule has 0 aliphatic heterocycles. The van der Waals surface area contributed by atoms with Gasteiger partial charge in [-0.1, -0.05) is 18.2 Å². The van der Waals surface area contributed by atoms with Crippen molar-refractivity contribution < 1.29 is 19.0 Å². The van der Waals surface area contributed by atoms with Crippen LogP contribution in [0.25, 0.3) is 0 Å². The van der Waals surface area contributed by atoms with E-state index in [9.17, 15) is 9.50 Å². The van der Waals surface area contributed by atoms with Crippen molar-refractivity contribution in [1.29, 1.82) is 0 Å². The number of halogens is 1. The fraction of sp³-hybridized carbons (Fsp3) is 0.333. The van der Waals surface area contributed by atoms with Gasteiger partial charge in [0, 0.05) is 12.1 Å². The Morgan fingerprint density at radius 1 is 1.13 bits per heavy atom. The van der Waals surface area contributed by atoms with E-state index in [1.165, 1.54) is 6.07 Å². The van der Waals surface area contributed by atoms with Crippen LogP contribution in [0.15, 0.2) is 36.4 Å². The van der Waals surface area contributed by atoms with Gasteiger partial charge in [0.15, 0.2) is 11.5 Å². The summed E-state index contributed by atoms with van der Waals surface area (Å²) in [5.41, 5.74) is 2.48. The highest BCUT2D eigenvalue weighted by molar-refractivity contribution is 5.47. The molecule has 0 fully saturated rings. The molecule has 4 nitrogen and oxygen atoms in total. The summed E-state index contributed by atoms with van der Waals surface area (Å²) in [6, 6.07) is 9.76. The Hall–Kier alpha value is -2.11. The summed E-state index contributed by atoms with van der Waals surface area (Å²) in [7, 11) is 3.18. The first-order valence-corrected chi connectivity index (χ1v) is 7.40. The summed E-state index contributed by atoms with van der Waals surface area (Å²) >= 11 is 0. The first-order chi connectivity index (χ1) is 11.1. The summed E-state index contributed by atoms with van der Waals surface area (Å²) in [5, 5.41) is 12.7. The number of hydrogen-bond donors (Lipinski definition) is 2. The smallest absolute Gasteiger partial charge is 0.161 e. The number of hydrogen-bond acceptors (Lipinski definition) is 4. The fourth-order valence-corrected chi connectivity index (χ4v) is 2.48. The molecule has 5 heteroatoms. The van der Waals surface area contributed by atoms with Crippen LogP contribution in [0.3, 0.4) is 0 Å². The fourth-order valence-electron chi connectivity index (χ4n) is 2.48. The molecule has 2 rings (SSSR count). The van der Waals surface area contributed by atoms with Gasteiger partial charge in [0.1, 0.15) is 5.82 Å². The molecule has 124 valence electrons. The lowest BCUT2D eigenvalue weighted by Crippen LogP contribution is -2.25. The minimum absolute atomic E-state index is 0.187. The predicted molar refractivity (Wildman–Crippen MR) is 87.3 cm³/mol. The van der Waals surface area contributed by atoms with Gasteiger partial charge in [-0.25, -0.2) is 4.39 Å². The zero-order chi connectivity index (χ0) is 16.8. The van der Waals surface area contributed by atoms with Crippen LogP contribution < -0.4 is 14.8 Å². The molecule has 2 aromatic rings. The summed E-state index contributed by atoms with van der Waals surface area (Å²) < 4.78 is 24.4. The van der Waals surface area contributed by atoms with Gasteiger partial charge in [0.2, 0.25) is 0 Å². The van der Waals surface area contributed by atoms with Gasteiger partial charge in [-0.05, 0) is 36.2 Å². The van der Waals surface area contributed by atoms with E-state index in [1.54, 1.807) is 32.4 Å². The normalized spacial score (nSPS) is 12.0. The minimum atomic E-state index is -0.469. The molecule has 0 aromatic heterocycles. The van der Waals surface area contributed by atoms with E-state index in [1.807, 2.05) is 19.1 Å². The highest BCUT2D eigenvalue weighted by atomic mass is 19.1. The molecular weight excluding hydrogens is 297 g/mol. The minimum Gasteiger partial charge on any atom is -0.493 e. The molecular formula is C18H22FNO3. The van der Waals surface area contributed by atoms with Gasteiger partial charge in [-0.15, -0.1) is 0 Å². The SMILES string of the molecule is COc1cc(C)c(CNC(CO)c2ccccc2F)cc1OC. The standard InChI is InChI=1S/C18H22FNO3/c1-12-8-17(22-2)18(23-3)9-13(12)10-20-16(11-21)14-6-4-5-7-15(14)19/h4-9,16,20-21H,10-11H2,1-3H3. The molecule has 0 saturated carbocycles. The molecule has 0 aliphatic rings.